The average Bonchev–Trinajstić information content (AvgIpc) is 3.26. The Morgan fingerprint density at radius 3 is 2.41 bits per heavy atom. The highest BCUT2D eigenvalue weighted by molar-refractivity contribution is 6.30. The van der Waals surface area contributed by atoms with Crippen LogP contribution in [-0.4, -0.2) is 30.9 Å². The monoisotopic (exact) mass is 457 g/mol. The van der Waals surface area contributed by atoms with Crippen LogP contribution in [0.3, 0.4) is 0 Å². The summed E-state index contributed by atoms with van der Waals surface area (Å²) in [7, 11) is 1.29. The van der Waals surface area contributed by atoms with Crippen molar-refractivity contribution in [3.8, 4) is 0 Å². The van der Waals surface area contributed by atoms with Crippen molar-refractivity contribution >= 4 is 29.3 Å². The molecule has 3 aliphatic rings. The Balaban J connectivity index is 1.79. The number of hydrogen-bond acceptors (Lipinski definition) is 6. The fraction of sp³-hybridized carbons (Fsp3) is 0.480. The molecule has 1 aromatic carbocycles. The lowest BCUT2D eigenvalue weighted by molar-refractivity contribution is -0.151. The summed E-state index contributed by atoms with van der Waals surface area (Å²) in [5.74, 6) is -3.03. The Kier molecular flexibility index (Phi) is 6.42. The number of halogens is 1. The standard InChI is InChI=1S/C25H28ClNO5/c1-13-12-18-22(23(28)19(13)24(29)31-3)21(15-8-10-16(26)11-9-15)20(14(2)27-18)25(30)32-17-6-4-5-7-17/h8-11,13,17,19,21,27H,4-7,12H2,1-3H3/t13-,19-,21+/m1/s1. The maximum absolute atomic E-state index is 13.6. The first-order valence-corrected chi connectivity index (χ1v) is 11.5. The molecular weight excluding hydrogens is 430 g/mol. The van der Waals surface area contributed by atoms with Gasteiger partial charge in [0, 0.05) is 27.9 Å². The second-order valence-electron chi connectivity index (χ2n) is 8.90. The van der Waals surface area contributed by atoms with Gasteiger partial charge in [-0.25, -0.2) is 4.79 Å². The number of carbonyl (C=O) groups is 3. The summed E-state index contributed by atoms with van der Waals surface area (Å²) in [6.07, 6.45) is 4.20. The quantitative estimate of drug-likeness (QED) is 0.531. The minimum atomic E-state index is -0.902. The first-order chi connectivity index (χ1) is 15.3. The first-order valence-electron chi connectivity index (χ1n) is 11.1. The van der Waals surface area contributed by atoms with E-state index in [1.165, 1.54) is 7.11 Å². The van der Waals surface area contributed by atoms with E-state index in [1.54, 1.807) is 12.1 Å². The fourth-order valence-corrected chi connectivity index (χ4v) is 5.29. The number of ether oxygens (including phenoxy) is 2. The van der Waals surface area contributed by atoms with Crippen molar-refractivity contribution in [2.24, 2.45) is 11.8 Å². The van der Waals surface area contributed by atoms with Crippen LogP contribution in [0.5, 0.6) is 0 Å². The summed E-state index contributed by atoms with van der Waals surface area (Å²) >= 11 is 6.10. The molecular formula is C25H28ClNO5. The van der Waals surface area contributed by atoms with Gasteiger partial charge < -0.3 is 14.8 Å². The van der Waals surface area contributed by atoms with Crippen molar-refractivity contribution in [2.45, 2.75) is 58.0 Å². The molecule has 1 aromatic rings. The SMILES string of the molecule is COC(=O)[C@H]1C(=O)C2=C(C[C@H]1C)NC(C)=C(C(=O)OC1CCCC1)[C@@H]2c1ccc(Cl)cc1. The summed E-state index contributed by atoms with van der Waals surface area (Å²) in [6.45, 7) is 3.70. The zero-order valence-electron chi connectivity index (χ0n) is 18.6. The third kappa shape index (κ3) is 4.08. The third-order valence-corrected chi connectivity index (χ3v) is 6.99. The number of Topliss-reactive ketones (excluding diaryl/α,β-unsaturated/α-hetero) is 1. The average molecular weight is 458 g/mol. The van der Waals surface area contributed by atoms with Gasteiger partial charge in [-0.15, -0.1) is 0 Å². The Morgan fingerprint density at radius 1 is 1.12 bits per heavy atom. The molecule has 1 N–H and O–H groups in total. The molecule has 0 spiro atoms. The zero-order valence-corrected chi connectivity index (χ0v) is 19.3. The summed E-state index contributed by atoms with van der Waals surface area (Å²) in [4.78, 5) is 39.5. The number of benzene rings is 1. The van der Waals surface area contributed by atoms with Crippen LogP contribution in [0.25, 0.3) is 0 Å². The summed E-state index contributed by atoms with van der Waals surface area (Å²) < 4.78 is 10.8. The Bertz CT molecular complexity index is 1000. The van der Waals surface area contributed by atoms with Crippen LogP contribution in [0.15, 0.2) is 46.8 Å². The van der Waals surface area contributed by atoms with Gasteiger partial charge in [-0.2, -0.15) is 0 Å². The van der Waals surface area contributed by atoms with Crippen LogP contribution < -0.4 is 5.32 Å². The predicted molar refractivity (Wildman–Crippen MR) is 120 cm³/mol. The summed E-state index contributed by atoms with van der Waals surface area (Å²) in [5.41, 5.74) is 3.02. The Hall–Kier alpha value is -2.60. The molecule has 7 heteroatoms. The van der Waals surface area contributed by atoms with Crippen LogP contribution in [0.1, 0.15) is 57.4 Å². The molecule has 6 nitrogen and oxygen atoms in total. The molecule has 2 aliphatic carbocycles. The number of nitrogens with one attached hydrogen (secondary N) is 1. The van der Waals surface area contributed by atoms with Gasteiger partial charge in [-0.3, -0.25) is 9.59 Å². The number of esters is 2. The molecule has 1 heterocycles. The van der Waals surface area contributed by atoms with E-state index >= 15 is 0 Å². The van der Waals surface area contributed by atoms with Gasteiger partial charge in [-0.05, 0) is 62.6 Å². The molecule has 170 valence electrons. The summed E-state index contributed by atoms with van der Waals surface area (Å²) in [6, 6.07) is 7.11. The number of ketones is 1. The smallest absolute Gasteiger partial charge is 0.337 e. The Morgan fingerprint density at radius 2 is 1.78 bits per heavy atom. The van der Waals surface area contributed by atoms with Crippen LogP contribution in [0.2, 0.25) is 5.02 Å². The molecule has 0 bridgehead atoms. The lowest BCUT2D eigenvalue weighted by Gasteiger charge is -2.38. The van der Waals surface area contributed by atoms with Crippen LogP contribution in [0.4, 0.5) is 0 Å². The van der Waals surface area contributed by atoms with E-state index in [2.05, 4.69) is 5.32 Å². The van der Waals surface area contributed by atoms with Crippen LogP contribution in [-0.2, 0) is 23.9 Å². The zero-order chi connectivity index (χ0) is 23.0. The lowest BCUT2D eigenvalue weighted by atomic mass is 9.69. The maximum atomic E-state index is 13.6. The molecule has 0 unspecified atom stereocenters. The maximum Gasteiger partial charge on any atom is 0.337 e. The van der Waals surface area contributed by atoms with Crippen molar-refractivity contribution in [2.75, 3.05) is 7.11 Å². The van der Waals surface area contributed by atoms with Crippen LogP contribution in [0, 0.1) is 11.8 Å². The largest absolute Gasteiger partial charge is 0.468 e. The minimum absolute atomic E-state index is 0.103. The molecule has 32 heavy (non-hydrogen) atoms. The van der Waals surface area contributed by atoms with Gasteiger partial charge in [0.2, 0.25) is 0 Å². The van der Waals surface area contributed by atoms with E-state index in [-0.39, 0.29) is 17.8 Å². The molecule has 1 fully saturated rings. The molecule has 1 aliphatic heterocycles. The van der Waals surface area contributed by atoms with Crippen molar-refractivity contribution in [3.05, 3.63) is 57.4 Å². The highest BCUT2D eigenvalue weighted by atomic mass is 35.5. The topological polar surface area (TPSA) is 81.7 Å². The van der Waals surface area contributed by atoms with Crippen molar-refractivity contribution in [3.63, 3.8) is 0 Å². The highest BCUT2D eigenvalue weighted by Crippen LogP contribution is 2.45. The second-order valence-corrected chi connectivity index (χ2v) is 9.34. The molecule has 3 atom stereocenters. The normalized spacial score (nSPS) is 26.0. The van der Waals surface area contributed by atoms with E-state index in [0.29, 0.717) is 28.3 Å². The number of carbonyl (C=O) groups excluding carboxylic acids is 3. The van der Waals surface area contributed by atoms with Gasteiger partial charge in [0.05, 0.1) is 12.7 Å². The number of rotatable bonds is 4. The predicted octanol–water partition coefficient (Wildman–Crippen LogP) is 4.44. The van der Waals surface area contributed by atoms with Gasteiger partial charge in [-0.1, -0.05) is 30.7 Å². The van der Waals surface area contributed by atoms with Crippen molar-refractivity contribution in [1.82, 2.24) is 5.32 Å². The lowest BCUT2D eigenvalue weighted by Crippen LogP contribution is -2.43. The number of allylic oxidation sites excluding steroid dienone is 3. The minimum Gasteiger partial charge on any atom is -0.468 e. The molecule has 4 rings (SSSR count). The van der Waals surface area contributed by atoms with Gasteiger partial charge in [0.15, 0.2) is 5.78 Å². The third-order valence-electron chi connectivity index (χ3n) is 6.74. The van der Waals surface area contributed by atoms with E-state index in [9.17, 15) is 14.4 Å². The highest BCUT2D eigenvalue weighted by Gasteiger charge is 2.47. The van der Waals surface area contributed by atoms with Gasteiger partial charge in [0.25, 0.3) is 0 Å². The Labute approximate surface area is 193 Å². The van der Waals surface area contributed by atoms with E-state index in [1.807, 2.05) is 26.0 Å². The van der Waals surface area contributed by atoms with Crippen LogP contribution >= 0.6 is 11.6 Å². The number of hydrogen-bond donors (Lipinski definition) is 1. The molecule has 0 radical (unpaired) electrons. The second kappa shape index (κ2) is 9.10. The van der Waals surface area contributed by atoms with Crippen molar-refractivity contribution < 1.29 is 23.9 Å². The van der Waals surface area contributed by atoms with Crippen molar-refractivity contribution in [1.29, 1.82) is 0 Å². The molecule has 0 saturated heterocycles. The van der Waals surface area contributed by atoms with Gasteiger partial charge >= 0.3 is 11.9 Å². The fourth-order valence-electron chi connectivity index (χ4n) is 5.16. The molecule has 0 amide bonds. The van der Waals surface area contributed by atoms with Gasteiger partial charge in [0.1, 0.15) is 12.0 Å². The van der Waals surface area contributed by atoms with E-state index in [0.717, 1.165) is 36.9 Å². The summed E-state index contributed by atoms with van der Waals surface area (Å²) in [5, 5.41) is 3.84. The molecule has 1 saturated carbocycles. The number of methoxy groups -OCH3 is 1. The van der Waals surface area contributed by atoms with E-state index in [4.69, 9.17) is 21.1 Å². The first kappa shape index (κ1) is 22.6. The molecule has 0 aromatic heterocycles. The number of dihydropyridines is 1. The van der Waals surface area contributed by atoms with E-state index < -0.39 is 23.8 Å².